The Kier molecular flexibility index (Phi) is 2.49. The molecule has 3 nitrogen and oxygen atoms in total. The molecule has 3 aromatic rings. The average molecular weight is 302 g/mol. The predicted molar refractivity (Wildman–Crippen MR) is 79.4 cm³/mol. The summed E-state index contributed by atoms with van der Waals surface area (Å²) in [5.74, 6) is -2.29. The van der Waals surface area contributed by atoms with Gasteiger partial charge in [0.05, 0.1) is 16.9 Å². The Balaban J connectivity index is 1.97. The minimum Gasteiger partial charge on any atom is -0.345 e. The molecule has 0 atom stereocenters. The molecule has 6 heteroatoms. The molecule has 1 aromatic heterocycles. The van der Waals surface area contributed by atoms with Crippen LogP contribution in [-0.4, -0.2) is 5.91 Å². The molecule has 4 rings (SSSR count). The van der Waals surface area contributed by atoms with Gasteiger partial charge in [0.25, 0.3) is 5.91 Å². The van der Waals surface area contributed by atoms with Crippen LogP contribution in [0.15, 0.2) is 36.4 Å². The summed E-state index contributed by atoms with van der Waals surface area (Å²) < 4.78 is 27.7. The van der Waals surface area contributed by atoms with Crippen LogP contribution < -0.4 is 10.6 Å². The number of benzene rings is 2. The number of halogens is 2. The minimum absolute atomic E-state index is 0.228. The molecule has 0 spiro atoms. The Morgan fingerprint density at radius 2 is 1.62 bits per heavy atom. The van der Waals surface area contributed by atoms with Crippen molar-refractivity contribution < 1.29 is 13.6 Å². The van der Waals surface area contributed by atoms with E-state index in [0.717, 1.165) is 22.2 Å². The fourth-order valence-corrected chi connectivity index (χ4v) is 3.53. The van der Waals surface area contributed by atoms with Gasteiger partial charge in [-0.1, -0.05) is 18.2 Å². The van der Waals surface area contributed by atoms with Gasteiger partial charge < -0.3 is 10.6 Å². The predicted octanol–water partition coefficient (Wildman–Crippen LogP) is 4.49. The summed E-state index contributed by atoms with van der Waals surface area (Å²) in [4.78, 5) is 12.4. The van der Waals surface area contributed by atoms with Gasteiger partial charge in [0.2, 0.25) is 0 Å². The fraction of sp³-hybridized carbons (Fsp3) is 0. The van der Waals surface area contributed by atoms with Crippen LogP contribution in [-0.2, 0) is 0 Å². The molecule has 0 bridgehead atoms. The zero-order chi connectivity index (χ0) is 14.6. The van der Waals surface area contributed by atoms with Crippen molar-refractivity contribution >= 4 is 43.7 Å². The first-order valence-corrected chi connectivity index (χ1v) is 7.04. The lowest BCUT2D eigenvalue weighted by Crippen LogP contribution is -2.10. The van der Waals surface area contributed by atoms with Gasteiger partial charge >= 0.3 is 0 Å². The number of rotatable bonds is 0. The lowest BCUT2D eigenvalue weighted by Gasteiger charge is -2.08. The molecule has 2 aromatic carbocycles. The van der Waals surface area contributed by atoms with Crippen molar-refractivity contribution in [2.75, 3.05) is 10.6 Å². The van der Waals surface area contributed by atoms with Crippen LogP contribution in [0.4, 0.5) is 25.2 Å². The Hall–Kier alpha value is -2.47. The highest BCUT2D eigenvalue weighted by Gasteiger charge is 2.25. The Labute approximate surface area is 122 Å². The molecule has 2 N–H and O–H groups in total. The number of carbonyl (C=O) groups is 1. The molecule has 1 amide bonds. The maximum Gasteiger partial charge on any atom is 0.259 e. The fourth-order valence-electron chi connectivity index (χ4n) is 2.42. The number of hydrogen-bond acceptors (Lipinski definition) is 3. The quantitative estimate of drug-likeness (QED) is 0.642. The van der Waals surface area contributed by atoms with Crippen LogP contribution in [0, 0.1) is 11.6 Å². The summed E-state index contributed by atoms with van der Waals surface area (Å²) in [6.45, 7) is 0. The van der Waals surface area contributed by atoms with Crippen molar-refractivity contribution in [1.82, 2.24) is 0 Å². The second-order valence-corrected chi connectivity index (χ2v) is 5.75. The van der Waals surface area contributed by atoms with Crippen LogP contribution in [0.1, 0.15) is 10.4 Å². The number of nitrogens with one attached hydrogen (secondary N) is 2. The van der Waals surface area contributed by atoms with Gasteiger partial charge in [-0.3, -0.25) is 4.79 Å². The SMILES string of the molecule is O=C1Nc2cc(F)c(F)cc2Nc2sc3ccccc3c21. The smallest absolute Gasteiger partial charge is 0.259 e. The minimum atomic E-state index is -0.994. The number of thiophene rings is 1. The molecule has 0 fully saturated rings. The molecule has 0 radical (unpaired) electrons. The first-order chi connectivity index (χ1) is 10.1. The van der Waals surface area contributed by atoms with Crippen molar-refractivity contribution in [3.63, 3.8) is 0 Å². The maximum absolute atomic E-state index is 13.4. The number of amides is 1. The molecule has 0 saturated heterocycles. The lowest BCUT2D eigenvalue weighted by molar-refractivity contribution is 0.103. The van der Waals surface area contributed by atoms with Crippen molar-refractivity contribution in [2.24, 2.45) is 0 Å². The third kappa shape index (κ3) is 1.80. The molecule has 2 heterocycles. The highest BCUT2D eigenvalue weighted by molar-refractivity contribution is 7.23. The second-order valence-electron chi connectivity index (χ2n) is 4.69. The Morgan fingerprint density at radius 3 is 2.38 bits per heavy atom. The number of hydrogen-bond donors (Lipinski definition) is 2. The van der Waals surface area contributed by atoms with E-state index in [0.29, 0.717) is 16.3 Å². The number of anilines is 3. The van der Waals surface area contributed by atoms with E-state index in [1.807, 2.05) is 24.3 Å². The zero-order valence-corrected chi connectivity index (χ0v) is 11.4. The molecule has 0 saturated carbocycles. The third-order valence-corrected chi connectivity index (χ3v) is 4.47. The topological polar surface area (TPSA) is 41.1 Å². The molecular weight excluding hydrogens is 294 g/mol. The standard InChI is InChI=1S/C15H8F2N2OS/c16-8-5-10-11(6-9(8)17)19-15-13(14(20)18-10)7-3-1-2-4-12(7)21-15/h1-6,19H,(H,18,20). The summed E-state index contributed by atoms with van der Waals surface area (Å²) in [7, 11) is 0. The van der Waals surface area contributed by atoms with Gasteiger partial charge in [-0.25, -0.2) is 8.78 Å². The van der Waals surface area contributed by atoms with Crippen LogP contribution in [0.5, 0.6) is 0 Å². The lowest BCUT2D eigenvalue weighted by atomic mass is 10.1. The van der Waals surface area contributed by atoms with Gasteiger partial charge in [0.1, 0.15) is 5.00 Å². The molecule has 1 aliphatic rings. The Bertz CT molecular complexity index is 904. The summed E-state index contributed by atoms with van der Waals surface area (Å²) in [5, 5.41) is 7.08. The highest BCUT2D eigenvalue weighted by Crippen LogP contribution is 2.41. The van der Waals surface area contributed by atoms with E-state index in [4.69, 9.17) is 0 Å². The monoisotopic (exact) mass is 302 g/mol. The highest BCUT2D eigenvalue weighted by atomic mass is 32.1. The zero-order valence-electron chi connectivity index (χ0n) is 10.5. The summed E-state index contributed by atoms with van der Waals surface area (Å²) in [6, 6.07) is 9.52. The molecule has 21 heavy (non-hydrogen) atoms. The largest absolute Gasteiger partial charge is 0.345 e. The molecule has 104 valence electrons. The van der Waals surface area contributed by atoms with Crippen molar-refractivity contribution in [2.45, 2.75) is 0 Å². The molecular formula is C15H8F2N2OS. The third-order valence-electron chi connectivity index (χ3n) is 3.38. The Morgan fingerprint density at radius 1 is 0.952 bits per heavy atom. The van der Waals surface area contributed by atoms with Crippen molar-refractivity contribution in [1.29, 1.82) is 0 Å². The van der Waals surface area contributed by atoms with E-state index in [1.54, 1.807) is 0 Å². The summed E-state index contributed by atoms with van der Waals surface area (Å²) in [6.07, 6.45) is 0. The first-order valence-electron chi connectivity index (χ1n) is 6.22. The molecule has 0 aliphatic carbocycles. The average Bonchev–Trinajstić information content (AvgIpc) is 2.76. The first kappa shape index (κ1) is 12.3. The van der Waals surface area contributed by atoms with Gasteiger partial charge in [-0.2, -0.15) is 0 Å². The van der Waals surface area contributed by atoms with Gasteiger partial charge in [-0.15, -0.1) is 11.3 Å². The maximum atomic E-state index is 13.4. The van der Waals surface area contributed by atoms with E-state index in [2.05, 4.69) is 10.6 Å². The van der Waals surface area contributed by atoms with E-state index in [-0.39, 0.29) is 11.6 Å². The van der Waals surface area contributed by atoms with E-state index < -0.39 is 11.6 Å². The van der Waals surface area contributed by atoms with Crippen molar-refractivity contribution in [3.05, 3.63) is 53.6 Å². The normalized spacial score (nSPS) is 13.1. The van der Waals surface area contributed by atoms with Crippen LogP contribution in [0.3, 0.4) is 0 Å². The number of carbonyl (C=O) groups excluding carboxylic acids is 1. The van der Waals surface area contributed by atoms with Crippen LogP contribution in [0.2, 0.25) is 0 Å². The van der Waals surface area contributed by atoms with E-state index >= 15 is 0 Å². The molecule has 1 aliphatic heterocycles. The van der Waals surface area contributed by atoms with E-state index in [1.165, 1.54) is 11.3 Å². The van der Waals surface area contributed by atoms with E-state index in [9.17, 15) is 13.6 Å². The van der Waals surface area contributed by atoms with Crippen LogP contribution >= 0.6 is 11.3 Å². The molecule has 0 unspecified atom stereocenters. The summed E-state index contributed by atoms with van der Waals surface area (Å²) in [5.41, 5.74) is 1.06. The van der Waals surface area contributed by atoms with Gasteiger partial charge in [-0.05, 0) is 6.07 Å². The van der Waals surface area contributed by atoms with Gasteiger partial charge in [0.15, 0.2) is 11.6 Å². The second kappa shape index (κ2) is 4.26. The van der Waals surface area contributed by atoms with Crippen molar-refractivity contribution in [3.8, 4) is 0 Å². The van der Waals surface area contributed by atoms with Crippen LogP contribution in [0.25, 0.3) is 10.1 Å². The van der Waals surface area contributed by atoms with Gasteiger partial charge in [0, 0.05) is 22.2 Å². The number of fused-ring (bicyclic) bond motifs is 4. The summed E-state index contributed by atoms with van der Waals surface area (Å²) >= 11 is 1.40.